The van der Waals surface area contributed by atoms with Crippen LogP contribution < -0.4 is 0 Å². The number of rotatable bonds is 1. The van der Waals surface area contributed by atoms with Gasteiger partial charge in [-0.25, -0.2) is 4.98 Å². The van der Waals surface area contributed by atoms with E-state index in [2.05, 4.69) is 20.9 Å². The predicted molar refractivity (Wildman–Crippen MR) is 48.3 cm³/mol. The summed E-state index contributed by atoms with van der Waals surface area (Å²) in [6, 6.07) is 0. The highest BCUT2D eigenvalue weighted by molar-refractivity contribution is 9.10. The molecule has 0 radical (unpaired) electrons. The van der Waals surface area contributed by atoms with E-state index in [0.29, 0.717) is 10.2 Å². The van der Waals surface area contributed by atoms with Crippen molar-refractivity contribution >= 4 is 33.2 Å². The van der Waals surface area contributed by atoms with Gasteiger partial charge in [0.2, 0.25) is 0 Å². The molecule has 1 rings (SSSR count). The Balaban J connectivity index is 3.36. The number of nitrogens with zero attached hydrogens (tertiary/aromatic N) is 2. The summed E-state index contributed by atoms with van der Waals surface area (Å²) < 4.78 is 0.423. The number of aromatic nitrogens is 1. The lowest BCUT2D eigenvalue weighted by Crippen LogP contribution is -1.94. The molecule has 6 heteroatoms. The van der Waals surface area contributed by atoms with Gasteiger partial charge in [0.1, 0.15) is 10.8 Å². The summed E-state index contributed by atoms with van der Waals surface area (Å²) in [4.78, 5) is 13.6. The molecule has 12 heavy (non-hydrogen) atoms. The molecule has 64 valence electrons. The van der Waals surface area contributed by atoms with Crippen LogP contribution in [0.25, 0.3) is 0 Å². The molecule has 0 aliphatic carbocycles. The minimum Gasteiger partial charge on any atom is -0.258 e. The van der Waals surface area contributed by atoms with Gasteiger partial charge in [-0.3, -0.25) is 10.1 Å². The van der Waals surface area contributed by atoms with Gasteiger partial charge in [-0.05, 0) is 22.9 Å². The highest BCUT2D eigenvalue weighted by Gasteiger charge is 2.15. The van der Waals surface area contributed by atoms with Crippen LogP contribution in [-0.4, -0.2) is 9.91 Å². The fraction of sp³-hybridized carbons (Fsp3) is 0.167. The summed E-state index contributed by atoms with van der Waals surface area (Å²) in [5.41, 5.74) is 0.353. The fourth-order valence-corrected chi connectivity index (χ4v) is 1.27. The zero-order valence-electron chi connectivity index (χ0n) is 6.04. The molecule has 0 atom stereocenters. The van der Waals surface area contributed by atoms with Crippen LogP contribution in [0.3, 0.4) is 0 Å². The van der Waals surface area contributed by atoms with Gasteiger partial charge < -0.3 is 0 Å². The molecule has 0 aromatic carbocycles. The number of nitro groups is 1. The third kappa shape index (κ3) is 1.56. The van der Waals surface area contributed by atoms with Crippen LogP contribution in [0.1, 0.15) is 5.56 Å². The Kier molecular flexibility index (Phi) is 2.64. The molecule has 0 saturated carbocycles. The third-order valence-corrected chi connectivity index (χ3v) is 2.68. The Labute approximate surface area is 81.8 Å². The fourth-order valence-electron chi connectivity index (χ4n) is 0.723. The van der Waals surface area contributed by atoms with E-state index in [-0.39, 0.29) is 10.7 Å². The van der Waals surface area contributed by atoms with E-state index < -0.39 is 4.92 Å². The maximum absolute atomic E-state index is 10.4. The van der Waals surface area contributed by atoms with Crippen LogP contribution in [0.5, 0.6) is 0 Å². The van der Waals surface area contributed by atoms with Gasteiger partial charge in [0.05, 0.1) is 9.95 Å². The smallest absolute Gasteiger partial charge is 0.258 e. The largest absolute Gasteiger partial charge is 0.292 e. The Morgan fingerprint density at radius 1 is 1.75 bits per heavy atom. The Morgan fingerprint density at radius 3 is 2.83 bits per heavy atom. The second kappa shape index (κ2) is 3.37. The van der Waals surface area contributed by atoms with E-state index in [4.69, 9.17) is 11.6 Å². The molecule has 0 unspecified atom stereocenters. The highest BCUT2D eigenvalue weighted by atomic mass is 79.9. The first-order valence-corrected chi connectivity index (χ1v) is 4.16. The molecule has 1 aromatic heterocycles. The second-order valence-electron chi connectivity index (χ2n) is 2.13. The van der Waals surface area contributed by atoms with Crippen molar-refractivity contribution in [1.29, 1.82) is 0 Å². The van der Waals surface area contributed by atoms with Gasteiger partial charge in [0.15, 0.2) is 0 Å². The minimum absolute atomic E-state index is 0.0665. The van der Waals surface area contributed by atoms with E-state index in [9.17, 15) is 10.1 Å². The zero-order chi connectivity index (χ0) is 9.30. The van der Waals surface area contributed by atoms with Crippen LogP contribution >= 0.6 is 27.5 Å². The molecule has 4 nitrogen and oxygen atoms in total. The first kappa shape index (κ1) is 9.41. The van der Waals surface area contributed by atoms with Crippen molar-refractivity contribution in [1.82, 2.24) is 4.98 Å². The van der Waals surface area contributed by atoms with E-state index in [1.165, 1.54) is 6.20 Å². The number of pyridine rings is 1. The van der Waals surface area contributed by atoms with Crippen molar-refractivity contribution in [2.75, 3.05) is 0 Å². The number of hydrogen-bond donors (Lipinski definition) is 0. The Morgan fingerprint density at radius 2 is 2.33 bits per heavy atom. The standard InChI is InChI=1S/C6H4BrClN2O2/c1-3-4(10(11)12)2-9-6(7)5(3)8/h2H,1H3. The predicted octanol–water partition coefficient (Wildman–Crippen LogP) is 2.71. The van der Waals surface area contributed by atoms with Crippen LogP contribution in [0, 0.1) is 17.0 Å². The average molecular weight is 251 g/mol. The van der Waals surface area contributed by atoms with Crippen molar-refractivity contribution in [3.8, 4) is 0 Å². The molecule has 1 heterocycles. The van der Waals surface area contributed by atoms with Crippen molar-refractivity contribution < 1.29 is 4.92 Å². The van der Waals surface area contributed by atoms with Crippen LogP contribution in [0.4, 0.5) is 5.69 Å². The molecular formula is C6H4BrClN2O2. The Hall–Kier alpha value is -0.680. The van der Waals surface area contributed by atoms with E-state index in [0.717, 1.165) is 0 Å². The van der Waals surface area contributed by atoms with Crippen LogP contribution in [0.15, 0.2) is 10.8 Å². The molecule has 0 N–H and O–H groups in total. The lowest BCUT2D eigenvalue weighted by Gasteiger charge is -1.99. The third-order valence-electron chi connectivity index (χ3n) is 1.39. The number of halogens is 2. The molecular weight excluding hydrogens is 247 g/mol. The van der Waals surface area contributed by atoms with Crippen LogP contribution in [0.2, 0.25) is 5.02 Å². The summed E-state index contributed by atoms with van der Waals surface area (Å²) >= 11 is 8.78. The summed E-state index contributed by atoms with van der Waals surface area (Å²) in [6.07, 6.45) is 1.17. The summed E-state index contributed by atoms with van der Waals surface area (Å²) in [5.74, 6) is 0. The minimum atomic E-state index is -0.513. The van der Waals surface area contributed by atoms with E-state index in [1.54, 1.807) is 6.92 Å². The quantitative estimate of drug-likeness (QED) is 0.438. The van der Waals surface area contributed by atoms with Crippen molar-refractivity contribution in [3.63, 3.8) is 0 Å². The van der Waals surface area contributed by atoms with Gasteiger partial charge in [-0.2, -0.15) is 0 Å². The lowest BCUT2D eigenvalue weighted by molar-refractivity contribution is -0.385. The molecule has 0 aliphatic rings. The van der Waals surface area contributed by atoms with Gasteiger partial charge in [0, 0.05) is 5.56 Å². The maximum atomic E-state index is 10.4. The maximum Gasteiger partial charge on any atom is 0.292 e. The van der Waals surface area contributed by atoms with Gasteiger partial charge >= 0.3 is 0 Å². The van der Waals surface area contributed by atoms with Gasteiger partial charge in [0.25, 0.3) is 5.69 Å². The molecule has 0 fully saturated rings. The first-order valence-electron chi connectivity index (χ1n) is 2.99. The molecule has 0 saturated heterocycles. The molecule has 0 spiro atoms. The SMILES string of the molecule is Cc1c([N+](=O)[O-])cnc(Br)c1Cl. The van der Waals surface area contributed by atoms with Crippen molar-refractivity contribution in [3.05, 3.63) is 31.5 Å². The summed E-state index contributed by atoms with van der Waals surface area (Å²) in [7, 11) is 0. The topological polar surface area (TPSA) is 56.0 Å². The monoisotopic (exact) mass is 250 g/mol. The molecule has 0 amide bonds. The van der Waals surface area contributed by atoms with E-state index >= 15 is 0 Å². The lowest BCUT2D eigenvalue weighted by atomic mass is 10.2. The van der Waals surface area contributed by atoms with Crippen molar-refractivity contribution in [2.24, 2.45) is 0 Å². The average Bonchev–Trinajstić information content (AvgIpc) is 2.00. The normalized spacial score (nSPS) is 9.92. The van der Waals surface area contributed by atoms with Gasteiger partial charge in [-0.1, -0.05) is 11.6 Å². The summed E-state index contributed by atoms with van der Waals surface area (Å²) in [5, 5.41) is 10.7. The second-order valence-corrected chi connectivity index (χ2v) is 3.26. The zero-order valence-corrected chi connectivity index (χ0v) is 8.39. The summed E-state index contributed by atoms with van der Waals surface area (Å²) in [6.45, 7) is 1.58. The van der Waals surface area contributed by atoms with Gasteiger partial charge in [-0.15, -0.1) is 0 Å². The van der Waals surface area contributed by atoms with E-state index in [1.807, 2.05) is 0 Å². The molecule has 0 aliphatic heterocycles. The number of hydrogen-bond acceptors (Lipinski definition) is 3. The molecule has 0 bridgehead atoms. The molecule has 1 aromatic rings. The first-order chi connectivity index (χ1) is 5.54. The highest BCUT2D eigenvalue weighted by Crippen LogP contribution is 2.29. The van der Waals surface area contributed by atoms with Crippen molar-refractivity contribution in [2.45, 2.75) is 6.92 Å². The van der Waals surface area contributed by atoms with Crippen LogP contribution in [-0.2, 0) is 0 Å². The Bertz CT molecular complexity index is 343.